The predicted molar refractivity (Wildman–Crippen MR) is 62.2 cm³/mol. The van der Waals surface area contributed by atoms with Gasteiger partial charge in [-0.2, -0.15) is 26.3 Å². The van der Waals surface area contributed by atoms with Crippen LogP contribution in [0.4, 0.5) is 36.8 Å². The van der Waals surface area contributed by atoms with E-state index in [1.165, 1.54) is 5.32 Å². The third-order valence-electron chi connectivity index (χ3n) is 1.99. The van der Waals surface area contributed by atoms with Crippen molar-refractivity contribution in [1.82, 2.24) is 5.32 Å². The minimum atomic E-state index is -4.63. The molecule has 0 aliphatic heterocycles. The molecular formula is C10H7BrF6N2O. The number of benzene rings is 1. The van der Waals surface area contributed by atoms with E-state index < -0.39 is 30.5 Å². The van der Waals surface area contributed by atoms with Crippen LogP contribution in [0.2, 0.25) is 0 Å². The molecule has 0 atom stereocenters. The number of hydrogen-bond acceptors (Lipinski definition) is 1. The van der Waals surface area contributed by atoms with Crippen LogP contribution in [0.15, 0.2) is 22.7 Å². The van der Waals surface area contributed by atoms with E-state index in [0.29, 0.717) is 6.07 Å². The lowest BCUT2D eigenvalue weighted by Gasteiger charge is -2.13. The van der Waals surface area contributed by atoms with Crippen molar-refractivity contribution in [2.75, 3.05) is 11.9 Å². The van der Waals surface area contributed by atoms with E-state index in [1.54, 1.807) is 0 Å². The van der Waals surface area contributed by atoms with Crippen LogP contribution < -0.4 is 10.6 Å². The van der Waals surface area contributed by atoms with Gasteiger partial charge in [0.2, 0.25) is 0 Å². The average Bonchev–Trinajstić information content (AvgIpc) is 2.27. The van der Waals surface area contributed by atoms with Crippen molar-refractivity contribution in [2.45, 2.75) is 12.4 Å². The maximum absolute atomic E-state index is 12.4. The summed E-state index contributed by atoms with van der Waals surface area (Å²) in [5.74, 6) is 0. The maximum Gasteiger partial charge on any atom is 0.416 e. The third-order valence-corrected chi connectivity index (χ3v) is 2.68. The first-order valence-corrected chi connectivity index (χ1v) is 5.77. The number of rotatable bonds is 2. The molecule has 0 bridgehead atoms. The lowest BCUT2D eigenvalue weighted by atomic mass is 10.2. The molecule has 112 valence electrons. The van der Waals surface area contributed by atoms with E-state index in [2.05, 4.69) is 15.9 Å². The topological polar surface area (TPSA) is 41.1 Å². The number of halogens is 7. The summed E-state index contributed by atoms with van der Waals surface area (Å²) in [6.45, 7) is -1.59. The van der Waals surface area contributed by atoms with Crippen molar-refractivity contribution in [3.63, 3.8) is 0 Å². The highest BCUT2D eigenvalue weighted by Crippen LogP contribution is 2.33. The summed E-state index contributed by atoms with van der Waals surface area (Å²) < 4.78 is 73.0. The summed E-state index contributed by atoms with van der Waals surface area (Å²) in [6, 6.07) is 1.14. The highest BCUT2D eigenvalue weighted by atomic mass is 79.9. The fourth-order valence-corrected chi connectivity index (χ4v) is 1.49. The molecule has 0 aromatic heterocycles. The van der Waals surface area contributed by atoms with Gasteiger partial charge in [0.05, 0.1) is 11.3 Å². The quantitative estimate of drug-likeness (QED) is 0.760. The van der Waals surface area contributed by atoms with Gasteiger partial charge in [-0.3, -0.25) is 0 Å². The van der Waals surface area contributed by atoms with Gasteiger partial charge in [0.15, 0.2) is 0 Å². The molecule has 1 aromatic rings. The number of alkyl halides is 6. The third kappa shape index (κ3) is 5.27. The number of nitrogens with one attached hydrogen (secondary N) is 2. The molecule has 0 unspecified atom stereocenters. The lowest BCUT2D eigenvalue weighted by Crippen LogP contribution is -2.36. The van der Waals surface area contributed by atoms with E-state index >= 15 is 0 Å². The number of amides is 2. The Balaban J connectivity index is 2.79. The van der Waals surface area contributed by atoms with Gasteiger partial charge in [-0.25, -0.2) is 4.79 Å². The van der Waals surface area contributed by atoms with Gasteiger partial charge in [0, 0.05) is 4.47 Å². The van der Waals surface area contributed by atoms with Crippen LogP contribution >= 0.6 is 15.9 Å². The van der Waals surface area contributed by atoms with Crippen molar-refractivity contribution in [3.05, 3.63) is 28.2 Å². The van der Waals surface area contributed by atoms with E-state index in [1.807, 2.05) is 5.32 Å². The number of anilines is 1. The summed E-state index contributed by atoms with van der Waals surface area (Å²) in [7, 11) is 0. The fourth-order valence-electron chi connectivity index (χ4n) is 1.14. The summed E-state index contributed by atoms with van der Waals surface area (Å²) in [4.78, 5) is 11.1. The van der Waals surface area contributed by atoms with Gasteiger partial charge < -0.3 is 10.6 Å². The Kier molecular flexibility index (Phi) is 4.90. The van der Waals surface area contributed by atoms with E-state index in [0.717, 1.165) is 12.1 Å². The maximum atomic E-state index is 12.4. The van der Waals surface area contributed by atoms with Crippen LogP contribution in [0.25, 0.3) is 0 Å². The smallest absolute Gasteiger partial charge is 0.329 e. The van der Waals surface area contributed by atoms with Crippen molar-refractivity contribution in [1.29, 1.82) is 0 Å². The second-order valence-electron chi connectivity index (χ2n) is 3.62. The molecule has 1 aromatic carbocycles. The monoisotopic (exact) mass is 364 g/mol. The second-order valence-corrected chi connectivity index (χ2v) is 4.47. The Bertz CT molecular complexity index is 500. The van der Waals surface area contributed by atoms with Crippen LogP contribution in [0, 0.1) is 0 Å². The zero-order valence-electron chi connectivity index (χ0n) is 9.49. The highest BCUT2D eigenvalue weighted by Gasteiger charge is 2.31. The molecule has 3 nitrogen and oxygen atoms in total. The van der Waals surface area contributed by atoms with Crippen molar-refractivity contribution < 1.29 is 31.1 Å². The molecule has 0 saturated carbocycles. The molecule has 0 heterocycles. The van der Waals surface area contributed by atoms with Gasteiger partial charge in [0.1, 0.15) is 6.54 Å². The number of urea groups is 1. The van der Waals surface area contributed by atoms with Crippen LogP contribution in [-0.2, 0) is 6.18 Å². The molecular weight excluding hydrogens is 358 g/mol. The van der Waals surface area contributed by atoms with Gasteiger partial charge in [0.25, 0.3) is 0 Å². The molecule has 10 heteroatoms. The molecule has 2 N–H and O–H groups in total. The number of carbonyl (C=O) groups excluding carboxylic acids is 1. The molecule has 0 fully saturated rings. The molecule has 0 aliphatic rings. The Morgan fingerprint density at radius 3 is 2.25 bits per heavy atom. The Morgan fingerprint density at radius 1 is 1.15 bits per heavy atom. The standard InChI is InChI=1S/C10H7BrF6N2O/c11-6-2-1-5(10(15,16)17)3-7(6)19-8(20)18-4-9(12,13)14/h1-3H,4H2,(H2,18,19,20). The fraction of sp³-hybridized carbons (Fsp3) is 0.300. The number of carbonyl (C=O) groups is 1. The van der Waals surface area contributed by atoms with Gasteiger partial charge >= 0.3 is 18.4 Å². The molecule has 2 amide bonds. The molecule has 0 aliphatic carbocycles. The molecule has 1 rings (SSSR count). The minimum absolute atomic E-state index is 0.104. The minimum Gasteiger partial charge on any atom is -0.329 e. The van der Waals surface area contributed by atoms with Gasteiger partial charge in [-0.05, 0) is 34.1 Å². The van der Waals surface area contributed by atoms with Crippen molar-refractivity contribution in [3.8, 4) is 0 Å². The first-order chi connectivity index (χ1) is 8.99. The largest absolute Gasteiger partial charge is 0.416 e. The molecule has 0 saturated heterocycles. The van der Waals surface area contributed by atoms with Gasteiger partial charge in [-0.1, -0.05) is 0 Å². The first-order valence-electron chi connectivity index (χ1n) is 4.97. The lowest BCUT2D eigenvalue weighted by molar-refractivity contribution is -0.137. The Hall–Kier alpha value is -1.45. The molecule has 0 spiro atoms. The summed E-state index contributed by atoms with van der Waals surface area (Å²) in [6.07, 6.45) is -9.23. The zero-order chi connectivity index (χ0) is 15.6. The van der Waals surface area contributed by atoms with Gasteiger partial charge in [-0.15, -0.1) is 0 Å². The zero-order valence-corrected chi connectivity index (χ0v) is 11.1. The van der Waals surface area contributed by atoms with E-state index in [-0.39, 0.29) is 10.2 Å². The Morgan fingerprint density at radius 2 is 1.75 bits per heavy atom. The van der Waals surface area contributed by atoms with E-state index in [4.69, 9.17) is 0 Å². The number of hydrogen-bond donors (Lipinski definition) is 2. The SMILES string of the molecule is O=C(NCC(F)(F)F)Nc1cc(C(F)(F)F)ccc1Br. The van der Waals surface area contributed by atoms with Crippen LogP contribution in [0.1, 0.15) is 5.56 Å². The summed E-state index contributed by atoms with van der Waals surface area (Å²) >= 11 is 2.88. The normalized spacial score (nSPS) is 12.2. The predicted octanol–water partition coefficient (Wildman–Crippen LogP) is 4.15. The molecule has 20 heavy (non-hydrogen) atoms. The van der Waals surface area contributed by atoms with Crippen LogP contribution in [0.5, 0.6) is 0 Å². The highest BCUT2D eigenvalue weighted by molar-refractivity contribution is 9.10. The summed E-state index contributed by atoms with van der Waals surface area (Å²) in [5.41, 5.74) is -1.33. The van der Waals surface area contributed by atoms with E-state index in [9.17, 15) is 31.1 Å². The van der Waals surface area contributed by atoms with Crippen molar-refractivity contribution >= 4 is 27.6 Å². The Labute approximate surface area is 117 Å². The molecule has 0 radical (unpaired) electrons. The van der Waals surface area contributed by atoms with Crippen molar-refractivity contribution in [2.24, 2.45) is 0 Å². The van der Waals surface area contributed by atoms with Crippen LogP contribution in [0.3, 0.4) is 0 Å². The second kappa shape index (κ2) is 5.90. The average molecular weight is 365 g/mol. The first kappa shape index (κ1) is 16.6. The van der Waals surface area contributed by atoms with Crippen LogP contribution in [-0.4, -0.2) is 18.8 Å². The summed E-state index contributed by atoms with van der Waals surface area (Å²) in [5, 5.41) is 3.38.